The predicted molar refractivity (Wildman–Crippen MR) is 20.9 cm³/mol. The summed E-state index contributed by atoms with van der Waals surface area (Å²) in [4.78, 5) is 0. The van der Waals surface area contributed by atoms with Gasteiger partial charge in [-0.3, -0.25) is 0 Å². The summed E-state index contributed by atoms with van der Waals surface area (Å²) in [6.07, 6.45) is 0. The summed E-state index contributed by atoms with van der Waals surface area (Å²) in [6.45, 7) is 0. The molecule has 0 aromatic rings. The van der Waals surface area contributed by atoms with Gasteiger partial charge in [-0.15, -0.1) is 0 Å². The molecule has 0 nitrogen and oxygen atoms in total. The minimum atomic E-state index is 0. The van der Waals surface area contributed by atoms with Crippen LogP contribution in [0.3, 0.4) is 0 Å². The zero-order valence-corrected chi connectivity index (χ0v) is 4.49. The van der Waals surface area contributed by atoms with Crippen LogP contribution in [0.2, 0.25) is 0 Å². The molecule has 0 aromatic carbocycles. The third-order valence-corrected chi connectivity index (χ3v) is 0. The van der Waals surface area contributed by atoms with Crippen LogP contribution in [-0.4, -0.2) is 5.41 Å². The zero-order valence-electron chi connectivity index (χ0n) is 2.33. The van der Waals surface area contributed by atoms with Gasteiger partial charge < -0.3 is 26.7 Å². The van der Waals surface area contributed by atoms with Crippen molar-refractivity contribution in [1.29, 1.82) is 0 Å². The normalized spacial score (nSPS) is 4.50. The van der Waals surface area contributed by atoms with E-state index in [1.54, 1.807) is 0 Å². The number of rotatable bonds is 0. The summed E-state index contributed by atoms with van der Waals surface area (Å²) in [7, 11) is 0. The van der Waals surface area contributed by atoms with E-state index < -0.39 is 0 Å². The molecule has 0 N–H and O–H groups in total. The molecular formula is BFILi. The molecule has 0 saturated heterocycles. The molecule has 0 saturated carbocycles. The van der Waals surface area contributed by atoms with Gasteiger partial charge in [-0.1, -0.05) is 0 Å². The van der Waals surface area contributed by atoms with Gasteiger partial charge in [0, 0.05) is 0 Å². The molecule has 0 unspecified atom stereocenters. The Hall–Kier alpha value is 1.32. The number of hydrogen-bond acceptors (Lipinski definition) is 0. The Morgan fingerprint density at radius 2 is 1.75 bits per heavy atom. The molecule has 18 valence electrons. The molecule has 4 heavy (non-hydrogen) atoms. The largest absolute Gasteiger partial charge is 1.00 e. The maximum Gasteiger partial charge on any atom is 1.00 e. The monoisotopic (exact) mass is 164 g/mol. The van der Waals surface area contributed by atoms with Crippen molar-refractivity contribution >= 4 is 27.8 Å². The minimum absolute atomic E-state index is 0. The van der Waals surface area contributed by atoms with Crippen LogP contribution in [0.1, 0.15) is 0 Å². The first-order valence-corrected chi connectivity index (χ1v) is 1.68. The summed E-state index contributed by atoms with van der Waals surface area (Å²) >= 11 is 1.50. The fourth-order valence-corrected chi connectivity index (χ4v) is 0. The van der Waals surface area contributed by atoms with Gasteiger partial charge >= 0.3 is 18.9 Å². The van der Waals surface area contributed by atoms with Crippen LogP contribution >= 0.6 is 22.4 Å². The summed E-state index contributed by atoms with van der Waals surface area (Å²) in [5, 5.41) is 0. The molecule has 4 heteroatoms. The summed E-state index contributed by atoms with van der Waals surface area (Å²) < 4.78 is 10.2. The number of hydrogen-bond donors (Lipinski definition) is 0. The van der Waals surface area contributed by atoms with Crippen LogP contribution in [0.25, 0.3) is 0 Å². The van der Waals surface area contributed by atoms with Crippen LogP contribution in [0, 0.1) is 0 Å². The van der Waals surface area contributed by atoms with Gasteiger partial charge in [-0.2, -0.15) is 0 Å². The van der Waals surface area contributed by atoms with Gasteiger partial charge in [0.15, 0.2) is 0 Å². The first-order chi connectivity index (χ1) is 1.41. The van der Waals surface area contributed by atoms with Gasteiger partial charge in [0.2, 0.25) is 0 Å². The van der Waals surface area contributed by atoms with Crippen molar-refractivity contribution < 1.29 is 23.2 Å². The summed E-state index contributed by atoms with van der Waals surface area (Å²) in [5.74, 6) is 0. The molecule has 0 amide bonds. The van der Waals surface area contributed by atoms with Gasteiger partial charge in [0.25, 0.3) is 0 Å². The van der Waals surface area contributed by atoms with Gasteiger partial charge in [0.1, 0.15) is 0 Å². The van der Waals surface area contributed by atoms with Gasteiger partial charge in [-0.05, 0) is 5.41 Å². The standard InChI is InChI=1S/BFI.Li/c2-1-3;/q-1;+1. The van der Waals surface area contributed by atoms with Crippen molar-refractivity contribution in [1.82, 2.24) is 0 Å². The first kappa shape index (κ1) is 9.01. The van der Waals surface area contributed by atoms with Crippen molar-refractivity contribution in [2.45, 2.75) is 0 Å². The Kier molecular flexibility index (Phi) is 19.9. The first-order valence-electron chi connectivity index (χ1n) is 0.436. The summed E-state index contributed by atoms with van der Waals surface area (Å²) in [5.41, 5.74) is 0.470. The second kappa shape index (κ2) is 8.85. The van der Waals surface area contributed by atoms with E-state index in [9.17, 15) is 4.32 Å². The van der Waals surface area contributed by atoms with E-state index in [0.717, 1.165) is 0 Å². The Morgan fingerprint density at radius 3 is 1.75 bits per heavy atom. The van der Waals surface area contributed by atoms with Crippen molar-refractivity contribution in [3.05, 3.63) is 0 Å². The molecule has 0 rings (SSSR count). The molecule has 2 radical (unpaired) electrons. The van der Waals surface area contributed by atoms with E-state index in [4.69, 9.17) is 0 Å². The molecular weight excluding hydrogens is 164 g/mol. The zero-order chi connectivity index (χ0) is 2.71. The van der Waals surface area contributed by atoms with Gasteiger partial charge in [-0.25, -0.2) is 0 Å². The Labute approximate surface area is 50.9 Å². The van der Waals surface area contributed by atoms with Crippen LogP contribution < -0.4 is 18.9 Å². The van der Waals surface area contributed by atoms with E-state index in [2.05, 4.69) is 0 Å². The van der Waals surface area contributed by atoms with Gasteiger partial charge in [0.05, 0.1) is 0 Å². The van der Waals surface area contributed by atoms with E-state index in [1.807, 2.05) is 0 Å². The molecule has 0 atom stereocenters. The van der Waals surface area contributed by atoms with E-state index in [-0.39, 0.29) is 18.9 Å². The average Bonchev–Trinajstić information content (AvgIpc) is 0.918. The van der Waals surface area contributed by atoms with E-state index in [1.165, 1.54) is 22.4 Å². The molecule has 0 bridgehead atoms. The molecule has 0 aromatic heterocycles. The average molecular weight is 164 g/mol. The van der Waals surface area contributed by atoms with E-state index in [0.29, 0.717) is 5.41 Å². The second-order valence-corrected chi connectivity index (χ2v) is 0.553. The predicted octanol–water partition coefficient (Wildman–Crippen LogP) is -2.07. The van der Waals surface area contributed by atoms with Crippen molar-refractivity contribution in [3.8, 4) is 0 Å². The topological polar surface area (TPSA) is 0 Å². The quantitative estimate of drug-likeness (QED) is 0.284. The Balaban J connectivity index is 0. The van der Waals surface area contributed by atoms with Crippen LogP contribution in [0.15, 0.2) is 0 Å². The summed E-state index contributed by atoms with van der Waals surface area (Å²) in [6, 6.07) is 0. The fourth-order valence-electron chi connectivity index (χ4n) is 0. The molecule has 0 heterocycles. The third-order valence-electron chi connectivity index (χ3n) is 0. The van der Waals surface area contributed by atoms with Crippen molar-refractivity contribution in [2.24, 2.45) is 0 Å². The van der Waals surface area contributed by atoms with E-state index >= 15 is 0 Å². The van der Waals surface area contributed by atoms with Crippen LogP contribution in [-0.2, 0) is 0 Å². The van der Waals surface area contributed by atoms with Crippen molar-refractivity contribution in [3.63, 3.8) is 0 Å². The number of halogens is 2. The Morgan fingerprint density at radius 1 is 1.75 bits per heavy atom. The second-order valence-electron chi connectivity index (χ2n) is 0.0825. The smallest absolute Gasteiger partial charge is 0.585 e. The molecule has 0 fully saturated rings. The Bertz CT molecular complexity index is 8.00. The maximum absolute atomic E-state index is 10.2. The minimum Gasteiger partial charge on any atom is -0.585 e. The molecule has 0 aliphatic carbocycles. The SMILES string of the molecule is F[B-]I.[Li+]. The van der Waals surface area contributed by atoms with Crippen LogP contribution in [0.4, 0.5) is 4.32 Å². The molecule has 0 aliphatic rings. The molecule has 0 spiro atoms. The fraction of sp³-hybridized carbons (Fsp3) is 0. The van der Waals surface area contributed by atoms with Crippen molar-refractivity contribution in [2.75, 3.05) is 0 Å². The maximum atomic E-state index is 10.2. The molecule has 0 aliphatic heterocycles. The third kappa shape index (κ3) is 10.2. The van der Waals surface area contributed by atoms with Crippen LogP contribution in [0.5, 0.6) is 0 Å².